The van der Waals surface area contributed by atoms with Gasteiger partial charge in [-0.15, -0.1) is 0 Å². The van der Waals surface area contributed by atoms with Crippen molar-refractivity contribution in [3.8, 4) is 0 Å². The summed E-state index contributed by atoms with van der Waals surface area (Å²) >= 11 is 0. The minimum Gasteiger partial charge on any atom is -0.462 e. The third-order valence-corrected chi connectivity index (χ3v) is 7.70. The van der Waals surface area contributed by atoms with Crippen LogP contribution in [-0.4, -0.2) is 36.4 Å². The van der Waals surface area contributed by atoms with Crippen LogP contribution in [0.15, 0.2) is 36.5 Å². The van der Waals surface area contributed by atoms with Gasteiger partial charge in [-0.1, -0.05) is 153 Å². The molecule has 0 aromatic heterocycles. The van der Waals surface area contributed by atoms with Crippen molar-refractivity contribution in [2.24, 2.45) is 0 Å². The molecule has 1 atom stereocenters. The van der Waals surface area contributed by atoms with Gasteiger partial charge in [-0.2, -0.15) is 0 Å². The molecule has 0 aliphatic heterocycles. The number of allylic oxidation sites excluding steroid dienone is 6. The lowest BCUT2D eigenvalue weighted by Gasteiger charge is -2.15. The highest BCUT2D eigenvalue weighted by Gasteiger charge is 2.16. The number of aliphatic hydroxyl groups excluding tert-OH is 1. The van der Waals surface area contributed by atoms with Crippen molar-refractivity contribution in [1.82, 2.24) is 0 Å². The van der Waals surface area contributed by atoms with E-state index in [0.29, 0.717) is 12.8 Å². The van der Waals surface area contributed by atoms with Gasteiger partial charge in [-0.05, 0) is 44.9 Å². The van der Waals surface area contributed by atoms with Gasteiger partial charge in [0.25, 0.3) is 0 Å². The summed E-state index contributed by atoms with van der Waals surface area (Å²) in [6.45, 7) is 4.00. The predicted octanol–water partition coefficient (Wildman–Crippen LogP) is 10.9. The second kappa shape index (κ2) is 34.6. The third-order valence-electron chi connectivity index (χ3n) is 7.70. The monoisotopic (exact) mass is 605 g/mol. The molecule has 1 N–H and O–H groups in total. The molecule has 0 amide bonds. The van der Waals surface area contributed by atoms with E-state index in [-0.39, 0.29) is 25.2 Å². The Morgan fingerprint density at radius 2 is 1.00 bits per heavy atom. The molecule has 1 unspecified atom stereocenters. The zero-order chi connectivity index (χ0) is 31.5. The van der Waals surface area contributed by atoms with Crippen LogP contribution in [0.5, 0.6) is 0 Å². The normalized spacial score (nSPS) is 12.5. The fourth-order valence-electron chi connectivity index (χ4n) is 4.98. The first-order valence-electron chi connectivity index (χ1n) is 18.0. The van der Waals surface area contributed by atoms with E-state index in [2.05, 4.69) is 50.3 Å². The number of aliphatic hydroxyl groups is 1. The van der Waals surface area contributed by atoms with E-state index in [9.17, 15) is 14.7 Å². The molecule has 0 heterocycles. The van der Waals surface area contributed by atoms with Gasteiger partial charge in [0.05, 0.1) is 6.61 Å². The molecule has 0 saturated carbocycles. The van der Waals surface area contributed by atoms with E-state index in [1.807, 2.05) is 0 Å². The summed E-state index contributed by atoms with van der Waals surface area (Å²) in [6, 6.07) is 0. The van der Waals surface area contributed by atoms with Crippen LogP contribution in [-0.2, 0) is 19.1 Å². The first-order chi connectivity index (χ1) is 21.1. The van der Waals surface area contributed by atoms with Crippen molar-refractivity contribution in [3.63, 3.8) is 0 Å². The van der Waals surface area contributed by atoms with Crippen molar-refractivity contribution < 1.29 is 24.2 Å². The van der Waals surface area contributed by atoms with Crippen LogP contribution >= 0.6 is 0 Å². The summed E-state index contributed by atoms with van der Waals surface area (Å²) in [7, 11) is 0. The molecule has 5 nitrogen and oxygen atoms in total. The molecule has 0 aromatic rings. The van der Waals surface area contributed by atoms with Crippen LogP contribution in [0.25, 0.3) is 0 Å². The largest absolute Gasteiger partial charge is 0.462 e. The molecule has 5 heteroatoms. The molecule has 0 spiro atoms. The van der Waals surface area contributed by atoms with E-state index in [1.165, 1.54) is 77.0 Å². The van der Waals surface area contributed by atoms with Crippen LogP contribution in [0, 0.1) is 0 Å². The third kappa shape index (κ3) is 32.9. The van der Waals surface area contributed by atoms with Crippen LogP contribution < -0.4 is 0 Å². The van der Waals surface area contributed by atoms with Crippen LogP contribution in [0.4, 0.5) is 0 Å². The van der Waals surface area contributed by atoms with Gasteiger partial charge < -0.3 is 14.6 Å². The zero-order valence-electron chi connectivity index (χ0n) is 28.2. The minimum absolute atomic E-state index is 0.0705. The molecule has 0 aromatic carbocycles. The Morgan fingerprint density at radius 1 is 0.558 bits per heavy atom. The maximum atomic E-state index is 12.1. The molecule has 0 aliphatic rings. The van der Waals surface area contributed by atoms with Crippen molar-refractivity contribution in [2.45, 2.75) is 180 Å². The number of ether oxygens (including phenoxy) is 2. The summed E-state index contributed by atoms with van der Waals surface area (Å²) < 4.78 is 10.6. The van der Waals surface area contributed by atoms with Crippen molar-refractivity contribution in [3.05, 3.63) is 36.5 Å². The average molecular weight is 605 g/mol. The first kappa shape index (κ1) is 41.1. The smallest absolute Gasteiger partial charge is 0.306 e. The number of esters is 2. The lowest BCUT2D eigenvalue weighted by atomic mass is 10.0. The van der Waals surface area contributed by atoms with Crippen molar-refractivity contribution >= 4 is 11.9 Å². The molecule has 43 heavy (non-hydrogen) atoms. The van der Waals surface area contributed by atoms with Gasteiger partial charge in [0.2, 0.25) is 0 Å². The molecule has 0 radical (unpaired) electrons. The highest BCUT2D eigenvalue weighted by Crippen LogP contribution is 2.14. The van der Waals surface area contributed by atoms with Crippen molar-refractivity contribution in [2.75, 3.05) is 13.2 Å². The SMILES string of the molecule is CC/C=C\C/C=C\C/C=C\CCCCCCCC(=O)OC(CO)COC(=O)CCCCCCCCCCCCCCCC. The fraction of sp³-hybridized carbons (Fsp3) is 0.789. The molecule has 0 rings (SSSR count). The Balaban J connectivity index is 3.59. The van der Waals surface area contributed by atoms with Gasteiger partial charge >= 0.3 is 11.9 Å². The second-order valence-electron chi connectivity index (χ2n) is 11.9. The molecule has 0 saturated heterocycles. The number of carbonyl (C=O) groups excluding carboxylic acids is 2. The van der Waals surface area contributed by atoms with Gasteiger partial charge in [-0.25, -0.2) is 0 Å². The van der Waals surface area contributed by atoms with Gasteiger partial charge in [0.1, 0.15) is 6.61 Å². The Hall–Kier alpha value is -1.88. The highest BCUT2D eigenvalue weighted by atomic mass is 16.6. The molecular weight excluding hydrogens is 536 g/mol. The van der Waals surface area contributed by atoms with Crippen molar-refractivity contribution in [1.29, 1.82) is 0 Å². The predicted molar refractivity (Wildman–Crippen MR) is 182 cm³/mol. The van der Waals surface area contributed by atoms with Gasteiger partial charge in [-0.3, -0.25) is 9.59 Å². The van der Waals surface area contributed by atoms with Crippen LogP contribution in [0.3, 0.4) is 0 Å². The number of hydrogen-bond acceptors (Lipinski definition) is 5. The van der Waals surface area contributed by atoms with Crippen LogP contribution in [0.1, 0.15) is 174 Å². The minimum atomic E-state index is -0.776. The summed E-state index contributed by atoms with van der Waals surface area (Å²) in [5.41, 5.74) is 0. The molecule has 0 aliphatic carbocycles. The average Bonchev–Trinajstić information content (AvgIpc) is 3.01. The van der Waals surface area contributed by atoms with Crippen LogP contribution in [0.2, 0.25) is 0 Å². The summed E-state index contributed by atoms with van der Waals surface area (Å²) in [4.78, 5) is 24.2. The number of rotatable bonds is 32. The maximum absolute atomic E-state index is 12.1. The fourth-order valence-corrected chi connectivity index (χ4v) is 4.98. The van der Waals surface area contributed by atoms with Gasteiger partial charge in [0.15, 0.2) is 6.10 Å². The lowest BCUT2D eigenvalue weighted by molar-refractivity contribution is -0.161. The summed E-state index contributed by atoms with van der Waals surface area (Å²) in [5.74, 6) is -0.608. The number of hydrogen-bond donors (Lipinski definition) is 1. The highest BCUT2D eigenvalue weighted by molar-refractivity contribution is 5.70. The van der Waals surface area contributed by atoms with Gasteiger partial charge in [0, 0.05) is 12.8 Å². The number of carbonyl (C=O) groups is 2. The molecular formula is C38H68O5. The van der Waals surface area contributed by atoms with E-state index < -0.39 is 6.10 Å². The van der Waals surface area contributed by atoms with E-state index in [0.717, 1.165) is 70.6 Å². The molecule has 250 valence electrons. The standard InChI is InChI=1S/C38H68O5/c1-3-5-7-9-11-13-15-17-19-21-23-25-27-29-31-33-38(41)43-36(34-39)35-42-37(40)32-30-28-26-24-22-20-18-16-14-12-10-8-6-4-2/h5,7,11,13,17,19,36,39H,3-4,6,8-10,12,14-16,18,20-35H2,1-2H3/b7-5-,13-11-,19-17-. The molecule has 0 bridgehead atoms. The number of unbranched alkanes of at least 4 members (excludes halogenated alkanes) is 18. The quantitative estimate of drug-likeness (QED) is 0.0470. The maximum Gasteiger partial charge on any atom is 0.306 e. The van der Waals surface area contributed by atoms with E-state index >= 15 is 0 Å². The summed E-state index contributed by atoms with van der Waals surface area (Å²) in [5, 5.41) is 9.52. The Labute approximate surface area is 266 Å². The topological polar surface area (TPSA) is 72.8 Å². The first-order valence-corrected chi connectivity index (χ1v) is 18.0. The molecule has 0 fully saturated rings. The zero-order valence-corrected chi connectivity index (χ0v) is 28.2. The Morgan fingerprint density at radius 3 is 1.51 bits per heavy atom. The van der Waals surface area contributed by atoms with E-state index in [4.69, 9.17) is 9.47 Å². The second-order valence-corrected chi connectivity index (χ2v) is 11.9. The Kier molecular flexibility index (Phi) is 33.1. The van der Waals surface area contributed by atoms with E-state index in [1.54, 1.807) is 0 Å². The lowest BCUT2D eigenvalue weighted by Crippen LogP contribution is -2.28. The Bertz CT molecular complexity index is 696. The summed E-state index contributed by atoms with van der Waals surface area (Å²) in [6.07, 6.45) is 40.5.